The van der Waals surface area contributed by atoms with Gasteiger partial charge in [0.05, 0.1) is 11.4 Å². The highest BCUT2D eigenvalue weighted by molar-refractivity contribution is 7.89. The van der Waals surface area contributed by atoms with Crippen molar-refractivity contribution in [2.75, 3.05) is 33.0 Å². The van der Waals surface area contributed by atoms with Crippen molar-refractivity contribution in [3.05, 3.63) is 35.2 Å². The molecule has 1 saturated heterocycles. The van der Waals surface area contributed by atoms with Crippen LogP contribution in [-0.4, -0.2) is 66.8 Å². The number of H-pyrrole nitrogens is 1. The Morgan fingerprint density at radius 1 is 1.17 bits per heavy atom. The molecule has 30 heavy (non-hydrogen) atoms. The van der Waals surface area contributed by atoms with E-state index in [1.165, 1.54) is 4.31 Å². The third-order valence-corrected chi connectivity index (χ3v) is 7.44. The SMILES string of the molecule is Cc1n[nH]c(C)c1S(=O)(=O)N1CCCN(C(=O)NCc2ccc3c(c2)OCO3)CC1. The minimum absolute atomic E-state index is 0.205. The van der Waals surface area contributed by atoms with Gasteiger partial charge in [0.2, 0.25) is 16.8 Å². The molecular weight excluding hydrogens is 410 g/mol. The van der Waals surface area contributed by atoms with Gasteiger partial charge in [0.15, 0.2) is 11.5 Å². The van der Waals surface area contributed by atoms with Crippen LogP contribution in [0.4, 0.5) is 4.79 Å². The van der Waals surface area contributed by atoms with E-state index >= 15 is 0 Å². The van der Waals surface area contributed by atoms with Gasteiger partial charge in [-0.1, -0.05) is 6.07 Å². The summed E-state index contributed by atoms with van der Waals surface area (Å²) in [5.41, 5.74) is 1.88. The molecule has 2 aliphatic rings. The first-order valence-electron chi connectivity index (χ1n) is 9.79. The number of nitrogens with zero attached hydrogens (tertiary/aromatic N) is 3. The van der Waals surface area contributed by atoms with Gasteiger partial charge in [0.25, 0.3) is 0 Å². The molecule has 0 spiro atoms. The third kappa shape index (κ3) is 3.94. The first kappa shape index (κ1) is 20.5. The molecule has 0 atom stereocenters. The average Bonchev–Trinajstić information content (AvgIpc) is 3.22. The number of sulfonamides is 1. The first-order chi connectivity index (χ1) is 14.4. The molecule has 3 heterocycles. The molecule has 0 unspecified atom stereocenters. The number of hydrogen-bond donors (Lipinski definition) is 2. The number of fused-ring (bicyclic) bond motifs is 1. The van der Waals surface area contributed by atoms with E-state index in [0.717, 1.165) is 5.56 Å². The lowest BCUT2D eigenvalue weighted by Crippen LogP contribution is -2.42. The molecule has 10 nitrogen and oxygen atoms in total. The van der Waals surface area contributed by atoms with Crippen LogP contribution < -0.4 is 14.8 Å². The van der Waals surface area contributed by atoms with E-state index in [-0.39, 0.29) is 24.3 Å². The van der Waals surface area contributed by atoms with Gasteiger partial charge >= 0.3 is 6.03 Å². The van der Waals surface area contributed by atoms with Crippen LogP contribution in [0.25, 0.3) is 0 Å². The minimum atomic E-state index is -3.66. The molecule has 0 radical (unpaired) electrons. The number of rotatable bonds is 4. The number of carbonyl (C=O) groups excluding carboxylic acids is 1. The predicted octanol–water partition coefficient (Wildman–Crippen LogP) is 1.36. The molecule has 1 fully saturated rings. The van der Waals surface area contributed by atoms with Gasteiger partial charge in [-0.25, -0.2) is 13.2 Å². The Balaban J connectivity index is 1.36. The summed E-state index contributed by atoms with van der Waals surface area (Å²) in [4.78, 5) is 14.5. The largest absolute Gasteiger partial charge is 0.454 e. The third-order valence-electron chi connectivity index (χ3n) is 5.28. The van der Waals surface area contributed by atoms with Crippen molar-refractivity contribution in [2.45, 2.75) is 31.7 Å². The van der Waals surface area contributed by atoms with Gasteiger partial charge in [0.1, 0.15) is 4.90 Å². The summed E-state index contributed by atoms with van der Waals surface area (Å²) >= 11 is 0. The van der Waals surface area contributed by atoms with E-state index < -0.39 is 10.0 Å². The Labute approximate surface area is 175 Å². The molecule has 0 bridgehead atoms. The minimum Gasteiger partial charge on any atom is -0.454 e. The number of benzene rings is 1. The van der Waals surface area contributed by atoms with Crippen molar-refractivity contribution in [2.24, 2.45) is 0 Å². The van der Waals surface area contributed by atoms with E-state index in [2.05, 4.69) is 15.5 Å². The summed E-state index contributed by atoms with van der Waals surface area (Å²) in [6.07, 6.45) is 0.562. The van der Waals surface area contributed by atoms with Crippen molar-refractivity contribution in [3.63, 3.8) is 0 Å². The molecular formula is C19H25N5O5S. The maximum absolute atomic E-state index is 13.0. The number of aromatic nitrogens is 2. The van der Waals surface area contributed by atoms with E-state index in [9.17, 15) is 13.2 Å². The highest BCUT2D eigenvalue weighted by atomic mass is 32.2. The molecule has 0 aliphatic carbocycles. The number of aryl methyl sites for hydroxylation is 2. The first-order valence-corrected chi connectivity index (χ1v) is 11.2. The Bertz CT molecular complexity index is 1030. The number of nitrogens with one attached hydrogen (secondary N) is 2. The highest BCUT2D eigenvalue weighted by Gasteiger charge is 2.31. The topological polar surface area (TPSA) is 117 Å². The van der Waals surface area contributed by atoms with E-state index in [0.29, 0.717) is 55.5 Å². The second-order valence-corrected chi connectivity index (χ2v) is 9.23. The fourth-order valence-corrected chi connectivity index (χ4v) is 5.53. The van der Waals surface area contributed by atoms with Crippen LogP contribution in [0.2, 0.25) is 0 Å². The molecule has 4 rings (SSSR count). The van der Waals surface area contributed by atoms with Crippen LogP contribution in [0.15, 0.2) is 23.1 Å². The number of hydrogen-bond acceptors (Lipinski definition) is 6. The lowest BCUT2D eigenvalue weighted by atomic mass is 10.2. The fraction of sp³-hybridized carbons (Fsp3) is 0.474. The van der Waals surface area contributed by atoms with Crippen molar-refractivity contribution in [1.82, 2.24) is 24.7 Å². The van der Waals surface area contributed by atoms with E-state index in [4.69, 9.17) is 9.47 Å². The number of carbonyl (C=O) groups is 1. The van der Waals surface area contributed by atoms with Gasteiger partial charge < -0.3 is 19.7 Å². The molecule has 0 saturated carbocycles. The molecule has 1 aromatic heterocycles. The number of amides is 2. The monoisotopic (exact) mass is 435 g/mol. The molecule has 162 valence electrons. The van der Waals surface area contributed by atoms with Crippen molar-refractivity contribution >= 4 is 16.1 Å². The van der Waals surface area contributed by atoms with Crippen molar-refractivity contribution in [3.8, 4) is 11.5 Å². The number of aromatic amines is 1. The zero-order chi connectivity index (χ0) is 21.3. The van der Waals surface area contributed by atoms with Crippen LogP contribution in [0, 0.1) is 13.8 Å². The van der Waals surface area contributed by atoms with Gasteiger partial charge in [-0.05, 0) is 38.0 Å². The highest BCUT2D eigenvalue weighted by Crippen LogP contribution is 2.32. The van der Waals surface area contributed by atoms with Gasteiger partial charge in [0, 0.05) is 32.7 Å². The number of urea groups is 1. The summed E-state index contributed by atoms with van der Waals surface area (Å²) < 4.78 is 38.2. The second-order valence-electron chi connectivity index (χ2n) is 7.35. The Hall–Kier alpha value is -2.79. The summed E-state index contributed by atoms with van der Waals surface area (Å²) in [5.74, 6) is 1.36. The maximum Gasteiger partial charge on any atom is 0.317 e. The predicted molar refractivity (Wildman–Crippen MR) is 108 cm³/mol. The molecule has 2 aromatic rings. The lowest BCUT2D eigenvalue weighted by molar-refractivity contribution is 0.174. The molecule has 11 heteroatoms. The van der Waals surface area contributed by atoms with Gasteiger partial charge in [-0.3, -0.25) is 5.10 Å². The molecule has 2 N–H and O–H groups in total. The van der Waals surface area contributed by atoms with E-state index in [1.807, 2.05) is 18.2 Å². The zero-order valence-electron chi connectivity index (χ0n) is 17.0. The Morgan fingerprint density at radius 3 is 2.73 bits per heavy atom. The van der Waals surface area contributed by atoms with Crippen LogP contribution in [0.3, 0.4) is 0 Å². The average molecular weight is 436 g/mol. The maximum atomic E-state index is 13.0. The molecule has 1 aromatic carbocycles. The number of ether oxygens (including phenoxy) is 2. The molecule has 2 aliphatic heterocycles. The second kappa shape index (κ2) is 8.15. The Morgan fingerprint density at radius 2 is 1.97 bits per heavy atom. The van der Waals surface area contributed by atoms with Crippen molar-refractivity contribution in [1.29, 1.82) is 0 Å². The zero-order valence-corrected chi connectivity index (χ0v) is 17.8. The summed E-state index contributed by atoms with van der Waals surface area (Å²) in [6, 6.07) is 5.32. The fourth-order valence-electron chi connectivity index (χ4n) is 3.73. The summed E-state index contributed by atoms with van der Waals surface area (Å²) in [6.45, 7) is 5.33. The smallest absolute Gasteiger partial charge is 0.317 e. The summed E-state index contributed by atoms with van der Waals surface area (Å²) in [5, 5.41) is 9.62. The van der Waals surface area contributed by atoms with Crippen LogP contribution in [0.5, 0.6) is 11.5 Å². The summed E-state index contributed by atoms with van der Waals surface area (Å²) in [7, 11) is -3.66. The quantitative estimate of drug-likeness (QED) is 0.749. The van der Waals surface area contributed by atoms with Crippen LogP contribution >= 0.6 is 0 Å². The van der Waals surface area contributed by atoms with E-state index in [1.54, 1.807) is 18.7 Å². The van der Waals surface area contributed by atoms with Crippen LogP contribution in [-0.2, 0) is 16.6 Å². The van der Waals surface area contributed by atoms with Crippen molar-refractivity contribution < 1.29 is 22.7 Å². The Kier molecular flexibility index (Phi) is 5.56. The molecule has 2 amide bonds. The van der Waals surface area contributed by atoms with Crippen LogP contribution in [0.1, 0.15) is 23.4 Å². The lowest BCUT2D eigenvalue weighted by Gasteiger charge is -2.22. The van der Waals surface area contributed by atoms with Gasteiger partial charge in [-0.2, -0.15) is 9.40 Å². The standard InChI is InChI=1S/C19H25N5O5S/c1-13-18(14(2)22-21-13)30(26,27)24-7-3-6-23(8-9-24)19(25)20-11-15-4-5-16-17(10-15)29-12-28-16/h4-5,10H,3,6-9,11-12H2,1-2H3,(H,20,25)(H,21,22). The van der Waals surface area contributed by atoms with Gasteiger partial charge in [-0.15, -0.1) is 0 Å². The normalized spacial score (nSPS) is 17.1.